The molecule has 0 aromatic carbocycles. The van der Waals surface area contributed by atoms with E-state index >= 15 is 0 Å². The zero-order valence-corrected chi connectivity index (χ0v) is 11.5. The van der Waals surface area contributed by atoms with Crippen LogP contribution in [0, 0.1) is 5.92 Å². The molecular weight excluding hydrogens is 224 g/mol. The molecule has 1 aromatic heterocycles. The Bertz CT molecular complexity index is 350. The van der Waals surface area contributed by atoms with Crippen molar-refractivity contribution in [3.63, 3.8) is 0 Å². The molecule has 1 saturated carbocycles. The van der Waals surface area contributed by atoms with Gasteiger partial charge in [-0.05, 0) is 18.8 Å². The SMILES string of the molecule is CCc1nc(NC)cc(NCC2CCCCC2)n1. The molecule has 2 N–H and O–H groups in total. The number of nitrogens with zero attached hydrogens (tertiary/aromatic N) is 2. The van der Waals surface area contributed by atoms with Crippen LogP contribution in [0.15, 0.2) is 6.07 Å². The third kappa shape index (κ3) is 3.59. The highest BCUT2D eigenvalue weighted by molar-refractivity contribution is 5.47. The van der Waals surface area contributed by atoms with Gasteiger partial charge in [0.25, 0.3) is 0 Å². The first-order valence-electron chi connectivity index (χ1n) is 7.11. The Morgan fingerprint density at radius 2 is 1.89 bits per heavy atom. The molecule has 0 amide bonds. The average Bonchev–Trinajstić information content (AvgIpc) is 2.45. The average molecular weight is 248 g/mol. The fraction of sp³-hybridized carbons (Fsp3) is 0.714. The van der Waals surface area contributed by atoms with Gasteiger partial charge in [-0.3, -0.25) is 0 Å². The Morgan fingerprint density at radius 1 is 1.17 bits per heavy atom. The van der Waals surface area contributed by atoms with E-state index < -0.39 is 0 Å². The van der Waals surface area contributed by atoms with E-state index in [0.717, 1.165) is 36.3 Å². The third-order valence-electron chi connectivity index (χ3n) is 3.64. The van der Waals surface area contributed by atoms with Crippen molar-refractivity contribution >= 4 is 11.6 Å². The minimum Gasteiger partial charge on any atom is -0.373 e. The van der Waals surface area contributed by atoms with Crippen LogP contribution < -0.4 is 10.6 Å². The summed E-state index contributed by atoms with van der Waals surface area (Å²) in [5, 5.41) is 6.56. The van der Waals surface area contributed by atoms with Gasteiger partial charge in [-0.1, -0.05) is 26.2 Å². The maximum absolute atomic E-state index is 4.52. The summed E-state index contributed by atoms with van der Waals surface area (Å²) < 4.78 is 0. The summed E-state index contributed by atoms with van der Waals surface area (Å²) in [5.74, 6) is 3.56. The highest BCUT2D eigenvalue weighted by Gasteiger charge is 2.13. The van der Waals surface area contributed by atoms with Crippen molar-refractivity contribution in [2.75, 3.05) is 24.2 Å². The van der Waals surface area contributed by atoms with Gasteiger partial charge in [-0.2, -0.15) is 0 Å². The van der Waals surface area contributed by atoms with Crippen LogP contribution in [0.4, 0.5) is 11.6 Å². The molecule has 0 saturated heterocycles. The van der Waals surface area contributed by atoms with Gasteiger partial charge in [0, 0.05) is 26.1 Å². The minimum absolute atomic E-state index is 0.817. The van der Waals surface area contributed by atoms with Crippen molar-refractivity contribution in [3.05, 3.63) is 11.9 Å². The lowest BCUT2D eigenvalue weighted by Gasteiger charge is -2.22. The van der Waals surface area contributed by atoms with E-state index in [1.807, 2.05) is 13.1 Å². The predicted octanol–water partition coefficient (Wildman–Crippen LogP) is 3.07. The summed E-state index contributed by atoms with van der Waals surface area (Å²) in [6.07, 6.45) is 7.77. The Hall–Kier alpha value is -1.32. The van der Waals surface area contributed by atoms with E-state index in [2.05, 4.69) is 27.5 Å². The molecular formula is C14H24N4. The normalized spacial score (nSPS) is 16.6. The first-order valence-corrected chi connectivity index (χ1v) is 7.11. The molecule has 0 aliphatic heterocycles. The van der Waals surface area contributed by atoms with Crippen molar-refractivity contribution in [2.24, 2.45) is 5.92 Å². The van der Waals surface area contributed by atoms with Crippen molar-refractivity contribution in [1.82, 2.24) is 9.97 Å². The third-order valence-corrected chi connectivity index (χ3v) is 3.64. The van der Waals surface area contributed by atoms with Crippen LogP contribution in [0.25, 0.3) is 0 Å². The molecule has 4 heteroatoms. The quantitative estimate of drug-likeness (QED) is 0.841. The molecule has 0 unspecified atom stereocenters. The van der Waals surface area contributed by atoms with Gasteiger partial charge in [0.05, 0.1) is 0 Å². The van der Waals surface area contributed by atoms with E-state index in [1.165, 1.54) is 32.1 Å². The number of anilines is 2. The maximum atomic E-state index is 4.52. The van der Waals surface area contributed by atoms with Gasteiger partial charge >= 0.3 is 0 Å². The van der Waals surface area contributed by atoms with E-state index in [-0.39, 0.29) is 0 Å². The first-order chi connectivity index (χ1) is 8.81. The number of aromatic nitrogens is 2. The zero-order chi connectivity index (χ0) is 12.8. The van der Waals surface area contributed by atoms with Crippen molar-refractivity contribution in [3.8, 4) is 0 Å². The van der Waals surface area contributed by atoms with Crippen LogP contribution in [0.1, 0.15) is 44.9 Å². The Morgan fingerprint density at radius 3 is 2.56 bits per heavy atom. The monoisotopic (exact) mass is 248 g/mol. The van der Waals surface area contributed by atoms with Gasteiger partial charge in [-0.25, -0.2) is 9.97 Å². The molecule has 2 rings (SSSR count). The number of hydrogen-bond acceptors (Lipinski definition) is 4. The van der Waals surface area contributed by atoms with Crippen molar-refractivity contribution in [2.45, 2.75) is 45.4 Å². The van der Waals surface area contributed by atoms with Gasteiger partial charge < -0.3 is 10.6 Å². The summed E-state index contributed by atoms with van der Waals surface area (Å²) in [4.78, 5) is 8.92. The molecule has 4 nitrogen and oxygen atoms in total. The summed E-state index contributed by atoms with van der Waals surface area (Å²) in [5.41, 5.74) is 0. The van der Waals surface area contributed by atoms with Gasteiger partial charge in [0.2, 0.25) is 0 Å². The standard InChI is InChI=1S/C14H24N4/c1-3-12-17-13(15-2)9-14(18-12)16-10-11-7-5-4-6-8-11/h9,11H,3-8,10H2,1-2H3,(H2,15,16,17,18). The molecule has 1 fully saturated rings. The van der Waals surface area contributed by atoms with E-state index in [9.17, 15) is 0 Å². The number of rotatable bonds is 5. The highest BCUT2D eigenvalue weighted by Crippen LogP contribution is 2.24. The molecule has 0 bridgehead atoms. The second-order valence-corrected chi connectivity index (χ2v) is 5.04. The minimum atomic E-state index is 0.817. The Kier molecular flexibility index (Phi) is 4.79. The van der Waals surface area contributed by atoms with Crippen molar-refractivity contribution in [1.29, 1.82) is 0 Å². The highest BCUT2D eigenvalue weighted by atomic mass is 15.1. The fourth-order valence-electron chi connectivity index (χ4n) is 2.51. The first kappa shape index (κ1) is 13.1. The molecule has 0 spiro atoms. The number of nitrogens with one attached hydrogen (secondary N) is 2. The second-order valence-electron chi connectivity index (χ2n) is 5.04. The molecule has 18 heavy (non-hydrogen) atoms. The molecule has 1 heterocycles. The van der Waals surface area contributed by atoms with Gasteiger partial charge in [0.15, 0.2) is 0 Å². The van der Waals surface area contributed by atoms with Gasteiger partial charge in [0.1, 0.15) is 17.5 Å². The molecule has 0 radical (unpaired) electrons. The maximum Gasteiger partial charge on any atom is 0.132 e. The number of aryl methyl sites for hydroxylation is 1. The summed E-state index contributed by atoms with van der Waals surface area (Å²) in [6.45, 7) is 3.13. The topological polar surface area (TPSA) is 49.8 Å². The van der Waals surface area contributed by atoms with Crippen LogP contribution in [0.5, 0.6) is 0 Å². The predicted molar refractivity (Wildman–Crippen MR) is 76.0 cm³/mol. The summed E-state index contributed by atoms with van der Waals surface area (Å²) in [7, 11) is 1.90. The van der Waals surface area contributed by atoms with Crippen LogP contribution in [-0.4, -0.2) is 23.6 Å². The molecule has 1 aliphatic rings. The summed E-state index contributed by atoms with van der Waals surface area (Å²) >= 11 is 0. The van der Waals surface area contributed by atoms with Crippen LogP contribution in [-0.2, 0) is 6.42 Å². The van der Waals surface area contributed by atoms with Crippen molar-refractivity contribution < 1.29 is 0 Å². The number of hydrogen-bond donors (Lipinski definition) is 2. The summed E-state index contributed by atoms with van der Waals surface area (Å²) in [6, 6.07) is 1.99. The molecule has 100 valence electrons. The molecule has 1 aliphatic carbocycles. The smallest absolute Gasteiger partial charge is 0.132 e. The zero-order valence-electron chi connectivity index (χ0n) is 11.5. The van der Waals surface area contributed by atoms with Gasteiger partial charge in [-0.15, -0.1) is 0 Å². The largest absolute Gasteiger partial charge is 0.373 e. The Labute approximate surface area is 110 Å². The molecule has 0 atom stereocenters. The van der Waals surface area contributed by atoms with Crippen LogP contribution in [0.3, 0.4) is 0 Å². The lowest BCUT2D eigenvalue weighted by molar-refractivity contribution is 0.373. The second kappa shape index (κ2) is 6.57. The van der Waals surface area contributed by atoms with E-state index in [0.29, 0.717) is 0 Å². The van der Waals surface area contributed by atoms with Crippen LogP contribution in [0.2, 0.25) is 0 Å². The van der Waals surface area contributed by atoms with E-state index in [4.69, 9.17) is 0 Å². The fourth-order valence-corrected chi connectivity index (χ4v) is 2.51. The lowest BCUT2D eigenvalue weighted by Crippen LogP contribution is -2.18. The lowest BCUT2D eigenvalue weighted by atomic mass is 9.89. The Balaban J connectivity index is 1.94. The van der Waals surface area contributed by atoms with Crippen LogP contribution >= 0.6 is 0 Å². The van der Waals surface area contributed by atoms with E-state index in [1.54, 1.807) is 0 Å². The molecule has 1 aromatic rings.